The molecular formula is C20H19BrFN5. The molecule has 0 saturated heterocycles. The highest BCUT2D eigenvalue weighted by atomic mass is 79.9. The van der Waals surface area contributed by atoms with Crippen LogP contribution in [0.2, 0.25) is 0 Å². The molecule has 0 N–H and O–H groups in total. The minimum Gasteiger partial charge on any atom is -0.325 e. The maximum Gasteiger partial charge on any atom is 0.257 e. The van der Waals surface area contributed by atoms with Crippen molar-refractivity contribution in [2.45, 2.75) is 26.2 Å². The SMILES string of the molecule is C=CC1=C(C(=C)Br)CCCCN1c1nc2nnc(C)n2c2cccc(F)c12. The summed E-state index contributed by atoms with van der Waals surface area (Å²) < 4.78 is 17.6. The zero-order chi connectivity index (χ0) is 19.1. The molecule has 0 saturated carbocycles. The molecule has 5 nitrogen and oxygen atoms in total. The van der Waals surface area contributed by atoms with E-state index in [-0.39, 0.29) is 5.82 Å². The first kappa shape index (κ1) is 17.9. The van der Waals surface area contributed by atoms with Gasteiger partial charge in [-0.05, 0) is 50.0 Å². The molecule has 0 aliphatic carbocycles. The third-order valence-electron chi connectivity index (χ3n) is 4.90. The Hall–Kier alpha value is -2.54. The normalized spacial score (nSPS) is 15.4. The molecule has 0 fully saturated rings. The lowest BCUT2D eigenvalue weighted by Crippen LogP contribution is -2.25. The second kappa shape index (κ2) is 6.88. The van der Waals surface area contributed by atoms with E-state index in [1.807, 2.05) is 17.9 Å². The highest BCUT2D eigenvalue weighted by Gasteiger charge is 2.24. The number of hydrogen-bond acceptors (Lipinski definition) is 4. The lowest BCUT2D eigenvalue weighted by molar-refractivity contribution is 0.638. The summed E-state index contributed by atoms with van der Waals surface area (Å²) in [5, 5.41) is 8.74. The molecule has 1 aliphatic heterocycles. The average Bonchev–Trinajstić information content (AvgIpc) is 2.89. The molecular weight excluding hydrogens is 409 g/mol. The number of benzene rings is 1. The Morgan fingerprint density at radius 1 is 1.30 bits per heavy atom. The Labute approximate surface area is 165 Å². The van der Waals surface area contributed by atoms with E-state index >= 15 is 0 Å². The largest absolute Gasteiger partial charge is 0.325 e. The van der Waals surface area contributed by atoms with E-state index in [2.05, 4.69) is 39.3 Å². The fourth-order valence-electron chi connectivity index (χ4n) is 3.68. The molecule has 1 aromatic carbocycles. The summed E-state index contributed by atoms with van der Waals surface area (Å²) in [6, 6.07) is 5.02. The van der Waals surface area contributed by atoms with Gasteiger partial charge in [0.15, 0.2) is 0 Å². The molecule has 27 heavy (non-hydrogen) atoms. The zero-order valence-corrected chi connectivity index (χ0v) is 16.6. The minimum atomic E-state index is -0.322. The maximum atomic E-state index is 15.0. The van der Waals surface area contributed by atoms with Crippen molar-refractivity contribution in [1.82, 2.24) is 19.6 Å². The monoisotopic (exact) mass is 427 g/mol. The van der Waals surface area contributed by atoms with Crippen LogP contribution in [0.3, 0.4) is 0 Å². The number of aromatic nitrogens is 4. The molecule has 4 rings (SSSR count). The first-order chi connectivity index (χ1) is 13.0. The van der Waals surface area contributed by atoms with Gasteiger partial charge >= 0.3 is 0 Å². The van der Waals surface area contributed by atoms with Crippen molar-refractivity contribution in [3.63, 3.8) is 0 Å². The van der Waals surface area contributed by atoms with Crippen LogP contribution in [0, 0.1) is 12.7 Å². The molecule has 2 aromatic heterocycles. The summed E-state index contributed by atoms with van der Waals surface area (Å²) in [4.78, 5) is 6.72. The predicted octanol–water partition coefficient (Wildman–Crippen LogP) is 5.06. The lowest BCUT2D eigenvalue weighted by atomic mass is 10.1. The van der Waals surface area contributed by atoms with Crippen LogP contribution in [0.1, 0.15) is 25.1 Å². The summed E-state index contributed by atoms with van der Waals surface area (Å²) in [6.45, 7) is 10.6. The number of fused-ring (bicyclic) bond motifs is 3. The Balaban J connectivity index is 2.09. The molecule has 0 unspecified atom stereocenters. The van der Waals surface area contributed by atoms with Gasteiger partial charge in [0.1, 0.15) is 17.5 Å². The summed E-state index contributed by atoms with van der Waals surface area (Å²) in [6.07, 6.45) is 4.64. The van der Waals surface area contributed by atoms with Crippen molar-refractivity contribution >= 4 is 38.4 Å². The van der Waals surface area contributed by atoms with E-state index in [1.54, 1.807) is 16.5 Å². The average molecular weight is 428 g/mol. The summed E-state index contributed by atoms with van der Waals surface area (Å²) in [7, 11) is 0. The molecule has 0 atom stereocenters. The number of anilines is 1. The highest BCUT2D eigenvalue weighted by molar-refractivity contribution is 9.11. The van der Waals surface area contributed by atoms with Crippen molar-refractivity contribution in [3.8, 4) is 0 Å². The van der Waals surface area contributed by atoms with Gasteiger partial charge in [0.25, 0.3) is 5.78 Å². The van der Waals surface area contributed by atoms with E-state index in [4.69, 9.17) is 4.98 Å². The van der Waals surface area contributed by atoms with Gasteiger partial charge in [-0.25, -0.2) is 4.39 Å². The Kier molecular flexibility index (Phi) is 4.55. The van der Waals surface area contributed by atoms with E-state index in [0.29, 0.717) is 34.9 Å². The van der Waals surface area contributed by atoms with Crippen molar-refractivity contribution in [3.05, 3.63) is 64.8 Å². The quantitative estimate of drug-likeness (QED) is 0.585. The van der Waals surface area contributed by atoms with E-state index in [0.717, 1.165) is 35.0 Å². The number of rotatable bonds is 3. The van der Waals surface area contributed by atoms with Crippen LogP contribution < -0.4 is 4.90 Å². The second-order valence-electron chi connectivity index (χ2n) is 6.53. The first-order valence-electron chi connectivity index (χ1n) is 8.80. The van der Waals surface area contributed by atoms with Gasteiger partial charge in [0, 0.05) is 16.7 Å². The molecule has 0 amide bonds. The van der Waals surface area contributed by atoms with Gasteiger partial charge in [0.2, 0.25) is 0 Å². The highest BCUT2D eigenvalue weighted by Crippen LogP contribution is 2.36. The van der Waals surface area contributed by atoms with Gasteiger partial charge in [-0.2, -0.15) is 4.98 Å². The third kappa shape index (κ3) is 2.86. The zero-order valence-electron chi connectivity index (χ0n) is 15.0. The molecule has 138 valence electrons. The number of hydrogen-bond donors (Lipinski definition) is 0. The van der Waals surface area contributed by atoms with Crippen LogP contribution >= 0.6 is 15.9 Å². The maximum absolute atomic E-state index is 15.0. The number of nitrogens with zero attached hydrogens (tertiary/aromatic N) is 5. The second-order valence-corrected chi connectivity index (χ2v) is 7.49. The van der Waals surface area contributed by atoms with Gasteiger partial charge < -0.3 is 4.90 Å². The number of allylic oxidation sites excluding steroid dienone is 3. The first-order valence-corrected chi connectivity index (χ1v) is 9.60. The smallest absolute Gasteiger partial charge is 0.257 e. The molecule has 1 aliphatic rings. The van der Waals surface area contributed by atoms with E-state index < -0.39 is 0 Å². The van der Waals surface area contributed by atoms with Crippen LogP contribution in [0.25, 0.3) is 16.7 Å². The van der Waals surface area contributed by atoms with Gasteiger partial charge in [-0.1, -0.05) is 35.2 Å². The van der Waals surface area contributed by atoms with Crippen LogP contribution in [-0.2, 0) is 0 Å². The standard InChI is InChI=1S/C20H19BrFN5/c1-4-16-14(12(2)21)8-5-6-11-26(16)19-18-15(22)9-7-10-17(18)27-13(3)24-25-20(27)23-19/h4,7,9-10H,1-2,5-6,8,11H2,3H3. The number of halogens is 2. The fourth-order valence-corrected chi connectivity index (χ4v) is 4.08. The third-order valence-corrected chi connectivity index (χ3v) is 5.38. The van der Waals surface area contributed by atoms with Crippen molar-refractivity contribution in [1.29, 1.82) is 0 Å². The fraction of sp³-hybridized carbons (Fsp3) is 0.250. The van der Waals surface area contributed by atoms with Gasteiger partial charge in [-0.3, -0.25) is 4.40 Å². The van der Waals surface area contributed by atoms with Gasteiger partial charge in [0.05, 0.1) is 10.9 Å². The van der Waals surface area contributed by atoms with Crippen molar-refractivity contribution in [2.24, 2.45) is 0 Å². The van der Waals surface area contributed by atoms with Crippen molar-refractivity contribution in [2.75, 3.05) is 11.4 Å². The van der Waals surface area contributed by atoms with Crippen LogP contribution in [-0.4, -0.2) is 26.1 Å². The van der Waals surface area contributed by atoms with Crippen LogP contribution in [0.15, 0.2) is 53.2 Å². The summed E-state index contributed by atoms with van der Waals surface area (Å²) in [5.74, 6) is 1.33. The van der Waals surface area contributed by atoms with E-state index in [9.17, 15) is 4.39 Å². The van der Waals surface area contributed by atoms with E-state index in [1.165, 1.54) is 6.07 Å². The summed E-state index contributed by atoms with van der Waals surface area (Å²) >= 11 is 3.51. The minimum absolute atomic E-state index is 0.322. The van der Waals surface area contributed by atoms with Crippen LogP contribution in [0.4, 0.5) is 10.2 Å². The van der Waals surface area contributed by atoms with Crippen molar-refractivity contribution < 1.29 is 4.39 Å². The molecule has 0 radical (unpaired) electrons. The molecule has 7 heteroatoms. The topological polar surface area (TPSA) is 46.3 Å². The Bertz CT molecular complexity index is 1110. The molecule has 0 spiro atoms. The molecule has 0 bridgehead atoms. The predicted molar refractivity (Wildman–Crippen MR) is 109 cm³/mol. The van der Waals surface area contributed by atoms with Crippen LogP contribution in [0.5, 0.6) is 0 Å². The molecule has 3 aromatic rings. The number of aryl methyl sites for hydroxylation is 1. The Morgan fingerprint density at radius 2 is 2.11 bits per heavy atom. The summed E-state index contributed by atoms with van der Waals surface area (Å²) in [5.41, 5.74) is 2.66. The van der Waals surface area contributed by atoms with Gasteiger partial charge in [-0.15, -0.1) is 10.2 Å². The Morgan fingerprint density at radius 3 is 2.85 bits per heavy atom. The molecule has 3 heterocycles. The lowest BCUT2D eigenvalue weighted by Gasteiger charge is -2.26.